The van der Waals surface area contributed by atoms with E-state index in [-0.39, 0.29) is 10.8 Å². The monoisotopic (exact) mass is 330 g/mol. The van der Waals surface area contributed by atoms with Gasteiger partial charge in [0.25, 0.3) is 5.24 Å². The van der Waals surface area contributed by atoms with Crippen LogP contribution in [0.5, 0.6) is 5.75 Å². The van der Waals surface area contributed by atoms with Crippen LogP contribution in [0.1, 0.15) is 29.5 Å². The molecule has 0 amide bonds. The van der Waals surface area contributed by atoms with E-state index >= 15 is 0 Å². The minimum Gasteiger partial charge on any atom is -0.478 e. The molecule has 0 aliphatic rings. The van der Waals surface area contributed by atoms with Crippen molar-refractivity contribution in [2.75, 3.05) is 0 Å². The van der Waals surface area contributed by atoms with Gasteiger partial charge in [-0.3, -0.25) is 4.79 Å². The van der Waals surface area contributed by atoms with Crippen molar-refractivity contribution in [3.63, 3.8) is 0 Å². The molecular formula is C13H12BrClO3. The van der Waals surface area contributed by atoms with E-state index in [1.807, 2.05) is 19.1 Å². The maximum atomic E-state index is 11.2. The molecular weight excluding hydrogens is 319 g/mol. The number of rotatable bonds is 4. The van der Waals surface area contributed by atoms with Crippen molar-refractivity contribution >= 4 is 43.7 Å². The van der Waals surface area contributed by atoms with E-state index in [9.17, 15) is 4.79 Å². The summed E-state index contributed by atoms with van der Waals surface area (Å²) in [5, 5.41) is 0.118. The van der Waals surface area contributed by atoms with Gasteiger partial charge in [-0.15, -0.1) is 0 Å². The van der Waals surface area contributed by atoms with Crippen molar-refractivity contribution in [1.82, 2.24) is 0 Å². The SMILES string of the molecule is CCC(Br)Oc1cccc2oc(C(=O)Cl)c(C)c12. The molecule has 0 saturated carbocycles. The fourth-order valence-electron chi connectivity index (χ4n) is 1.77. The van der Waals surface area contributed by atoms with E-state index in [0.717, 1.165) is 11.8 Å². The van der Waals surface area contributed by atoms with Gasteiger partial charge in [-0.2, -0.15) is 0 Å². The number of aryl methyl sites for hydroxylation is 1. The van der Waals surface area contributed by atoms with E-state index < -0.39 is 5.24 Å². The first kappa shape index (κ1) is 13.4. The van der Waals surface area contributed by atoms with Crippen molar-refractivity contribution in [1.29, 1.82) is 0 Å². The normalized spacial score (nSPS) is 12.7. The molecule has 1 unspecified atom stereocenters. The molecule has 0 saturated heterocycles. The smallest absolute Gasteiger partial charge is 0.288 e. The lowest BCUT2D eigenvalue weighted by atomic mass is 10.1. The number of carbonyl (C=O) groups is 1. The maximum Gasteiger partial charge on any atom is 0.288 e. The van der Waals surface area contributed by atoms with Crippen LogP contribution in [0.15, 0.2) is 22.6 Å². The molecule has 0 fully saturated rings. The second-order valence-electron chi connectivity index (χ2n) is 3.90. The number of alkyl halides is 1. The van der Waals surface area contributed by atoms with Crippen molar-refractivity contribution in [2.24, 2.45) is 0 Å². The highest BCUT2D eigenvalue weighted by Gasteiger charge is 2.19. The van der Waals surface area contributed by atoms with Crippen LogP contribution < -0.4 is 4.74 Å². The standard InChI is InChI=1S/C13H12BrClO3/c1-3-10(14)17-8-5-4-6-9-11(8)7(2)12(18-9)13(15)16/h4-6,10H,3H2,1-2H3. The Labute approximate surface area is 118 Å². The molecule has 1 heterocycles. The summed E-state index contributed by atoms with van der Waals surface area (Å²) in [7, 11) is 0. The van der Waals surface area contributed by atoms with Crippen molar-refractivity contribution in [3.8, 4) is 5.75 Å². The number of fused-ring (bicyclic) bond motifs is 1. The van der Waals surface area contributed by atoms with Gasteiger partial charge in [-0.1, -0.05) is 13.0 Å². The highest BCUT2D eigenvalue weighted by atomic mass is 79.9. The summed E-state index contributed by atoms with van der Waals surface area (Å²) in [6, 6.07) is 5.45. The van der Waals surface area contributed by atoms with Crippen LogP contribution in [0.4, 0.5) is 0 Å². The van der Waals surface area contributed by atoms with Gasteiger partial charge < -0.3 is 9.15 Å². The number of furan rings is 1. The average molecular weight is 332 g/mol. The van der Waals surface area contributed by atoms with Crippen LogP contribution in [0.25, 0.3) is 11.0 Å². The van der Waals surface area contributed by atoms with Crippen LogP contribution in [0, 0.1) is 6.92 Å². The molecule has 1 aromatic carbocycles. The Morgan fingerprint density at radius 2 is 2.28 bits per heavy atom. The summed E-state index contributed by atoms with van der Waals surface area (Å²) in [6.45, 7) is 3.80. The van der Waals surface area contributed by atoms with Gasteiger partial charge in [0.1, 0.15) is 11.3 Å². The summed E-state index contributed by atoms with van der Waals surface area (Å²) in [4.78, 5) is 11.2. The van der Waals surface area contributed by atoms with Crippen LogP contribution in [0.3, 0.4) is 0 Å². The second kappa shape index (κ2) is 5.33. The zero-order chi connectivity index (χ0) is 13.3. The molecule has 3 nitrogen and oxygen atoms in total. The zero-order valence-electron chi connectivity index (χ0n) is 10.00. The lowest BCUT2D eigenvalue weighted by Gasteiger charge is -2.11. The maximum absolute atomic E-state index is 11.2. The minimum atomic E-state index is -0.597. The fraction of sp³-hybridized carbons (Fsp3) is 0.308. The third kappa shape index (κ3) is 2.40. The van der Waals surface area contributed by atoms with Crippen molar-refractivity contribution in [2.45, 2.75) is 25.3 Å². The molecule has 0 spiro atoms. The average Bonchev–Trinajstić information content (AvgIpc) is 2.68. The predicted molar refractivity (Wildman–Crippen MR) is 74.8 cm³/mol. The second-order valence-corrected chi connectivity index (χ2v) is 5.26. The van der Waals surface area contributed by atoms with Gasteiger partial charge in [0, 0.05) is 5.56 Å². The lowest BCUT2D eigenvalue weighted by molar-refractivity contribution is 0.105. The molecule has 1 atom stereocenters. The number of halogens is 2. The van der Waals surface area contributed by atoms with E-state index in [0.29, 0.717) is 16.9 Å². The van der Waals surface area contributed by atoms with Gasteiger partial charge >= 0.3 is 0 Å². The number of hydrogen-bond acceptors (Lipinski definition) is 3. The Morgan fingerprint density at radius 1 is 1.56 bits per heavy atom. The molecule has 0 aliphatic carbocycles. The molecule has 1 aromatic heterocycles. The summed E-state index contributed by atoms with van der Waals surface area (Å²) in [6.07, 6.45) is 0.828. The molecule has 18 heavy (non-hydrogen) atoms. The predicted octanol–water partition coefficient (Wildman–Crippen LogP) is 4.63. The zero-order valence-corrected chi connectivity index (χ0v) is 12.3. The largest absolute Gasteiger partial charge is 0.478 e. The van der Waals surface area contributed by atoms with Crippen LogP contribution in [0.2, 0.25) is 0 Å². The third-order valence-electron chi connectivity index (χ3n) is 2.67. The van der Waals surface area contributed by atoms with E-state index in [1.54, 1.807) is 13.0 Å². The molecule has 0 bridgehead atoms. The lowest BCUT2D eigenvalue weighted by Crippen LogP contribution is -2.06. The fourth-order valence-corrected chi connectivity index (χ4v) is 2.15. The molecule has 2 rings (SSSR count). The molecule has 0 N–H and O–H groups in total. The molecule has 96 valence electrons. The van der Waals surface area contributed by atoms with E-state index in [4.69, 9.17) is 20.8 Å². The molecule has 2 aromatic rings. The molecule has 0 radical (unpaired) electrons. The summed E-state index contributed by atoms with van der Waals surface area (Å²) in [5.74, 6) is 0.854. The van der Waals surface area contributed by atoms with Crippen molar-refractivity contribution in [3.05, 3.63) is 29.5 Å². The van der Waals surface area contributed by atoms with Gasteiger partial charge in [0.15, 0.2) is 10.8 Å². The van der Waals surface area contributed by atoms with Crippen LogP contribution in [-0.4, -0.2) is 10.3 Å². The number of benzene rings is 1. The first-order valence-electron chi connectivity index (χ1n) is 5.57. The summed E-state index contributed by atoms with van der Waals surface area (Å²) < 4.78 is 11.2. The number of hydrogen-bond donors (Lipinski definition) is 0. The van der Waals surface area contributed by atoms with Gasteiger partial charge in [-0.05, 0) is 53.0 Å². The molecule has 0 aliphatic heterocycles. The molecule has 5 heteroatoms. The topological polar surface area (TPSA) is 39.4 Å². The minimum absolute atomic E-state index is 0.0763. The van der Waals surface area contributed by atoms with Gasteiger partial charge in [0.2, 0.25) is 0 Å². The van der Waals surface area contributed by atoms with E-state index in [1.165, 1.54) is 0 Å². The van der Waals surface area contributed by atoms with Crippen LogP contribution in [-0.2, 0) is 0 Å². The van der Waals surface area contributed by atoms with Gasteiger partial charge in [0.05, 0.1) is 5.39 Å². The van der Waals surface area contributed by atoms with Crippen LogP contribution >= 0.6 is 27.5 Å². The Bertz CT molecular complexity index is 591. The summed E-state index contributed by atoms with van der Waals surface area (Å²) >= 11 is 8.90. The Hall–Kier alpha value is -1.00. The van der Waals surface area contributed by atoms with E-state index in [2.05, 4.69) is 15.9 Å². The number of ether oxygens (including phenoxy) is 1. The Morgan fingerprint density at radius 3 is 2.89 bits per heavy atom. The Balaban J connectivity index is 2.57. The first-order valence-corrected chi connectivity index (χ1v) is 6.86. The first-order chi connectivity index (χ1) is 8.54. The number of carbonyl (C=O) groups excluding carboxylic acids is 1. The van der Waals surface area contributed by atoms with Gasteiger partial charge in [-0.25, -0.2) is 0 Å². The third-order valence-corrected chi connectivity index (χ3v) is 3.68. The highest BCUT2D eigenvalue weighted by molar-refractivity contribution is 9.09. The highest BCUT2D eigenvalue weighted by Crippen LogP contribution is 2.34. The Kier molecular flexibility index (Phi) is 3.97. The quantitative estimate of drug-likeness (QED) is 0.605. The summed E-state index contributed by atoms with van der Waals surface area (Å²) in [5.41, 5.74) is 1.31. The van der Waals surface area contributed by atoms with Crippen molar-refractivity contribution < 1.29 is 13.9 Å².